The summed E-state index contributed by atoms with van der Waals surface area (Å²) in [5.41, 5.74) is 3.80. The summed E-state index contributed by atoms with van der Waals surface area (Å²) in [7, 11) is 0. The Balaban J connectivity index is 1.32. The normalized spacial score (nSPS) is 10.7. The zero-order valence-corrected chi connectivity index (χ0v) is 27.7. The maximum atomic E-state index is 12.8. The maximum Gasteiger partial charge on any atom is 0.417 e. The van der Waals surface area contributed by atoms with Gasteiger partial charge in [-0.05, 0) is 107 Å². The lowest BCUT2D eigenvalue weighted by Crippen LogP contribution is -2.17. The minimum atomic E-state index is -0.714. The van der Waals surface area contributed by atoms with E-state index >= 15 is 0 Å². The number of benzene rings is 6. The summed E-state index contributed by atoms with van der Waals surface area (Å²) in [6.07, 6.45) is -1.43. The number of amides is 2. The van der Waals surface area contributed by atoms with Gasteiger partial charge in [0.25, 0.3) is 0 Å². The first kappa shape index (κ1) is 33.3. The number of halogens is 2. The summed E-state index contributed by atoms with van der Waals surface area (Å²) >= 11 is 13.8. The van der Waals surface area contributed by atoms with Crippen molar-refractivity contribution in [2.24, 2.45) is 0 Å². The number of phenolic OH excluding ortho intramolecular Hbond substituents is 2. The first-order valence-electron chi connectivity index (χ1n) is 14.7. The fourth-order valence-corrected chi connectivity index (χ4v) is 6.23. The number of carbonyl (C=O) groups excluding carboxylic acids is 2. The van der Waals surface area contributed by atoms with E-state index in [0.717, 1.165) is 32.0 Å². The Kier molecular flexibility index (Phi) is 10.2. The van der Waals surface area contributed by atoms with Gasteiger partial charge in [0.05, 0.1) is 21.4 Å². The molecule has 0 aliphatic heterocycles. The zero-order valence-electron chi connectivity index (χ0n) is 25.4. The topological polar surface area (TPSA) is 117 Å². The minimum absolute atomic E-state index is 0.105. The molecule has 0 fully saturated rings. The van der Waals surface area contributed by atoms with Crippen LogP contribution >= 0.6 is 35.0 Å². The number of rotatable bonds is 8. The van der Waals surface area contributed by atoms with Gasteiger partial charge in [-0.1, -0.05) is 83.5 Å². The molecule has 0 aliphatic rings. The Labute approximate surface area is 295 Å². The molecule has 11 heteroatoms. The third-order valence-electron chi connectivity index (χ3n) is 7.12. The fourth-order valence-electron chi connectivity index (χ4n) is 4.78. The number of hydrogen-bond donors (Lipinski definition) is 4. The molecule has 0 radical (unpaired) electrons. The van der Waals surface area contributed by atoms with Gasteiger partial charge in [-0.15, -0.1) is 0 Å². The summed E-state index contributed by atoms with van der Waals surface area (Å²) in [6.45, 7) is 0. The number of carbonyl (C=O) groups is 2. The van der Waals surface area contributed by atoms with Crippen LogP contribution in [0.2, 0.25) is 10.0 Å². The second-order valence-corrected chi connectivity index (χ2v) is 12.4. The molecule has 6 aromatic carbocycles. The molecule has 4 N–H and O–H groups in total. The molecule has 0 aromatic heterocycles. The Morgan fingerprint density at radius 3 is 1.31 bits per heavy atom. The van der Waals surface area contributed by atoms with Crippen molar-refractivity contribution in [3.05, 3.63) is 144 Å². The van der Waals surface area contributed by atoms with Gasteiger partial charge < -0.3 is 19.7 Å². The summed E-state index contributed by atoms with van der Waals surface area (Å²) in [5.74, 6) is 0.773. The molecule has 0 unspecified atom stereocenters. The van der Waals surface area contributed by atoms with Crippen molar-refractivity contribution >= 4 is 58.5 Å². The monoisotopic (exact) mass is 708 g/mol. The molecule has 6 aromatic rings. The highest BCUT2D eigenvalue weighted by molar-refractivity contribution is 7.99. The highest BCUT2D eigenvalue weighted by atomic mass is 35.5. The molecule has 0 spiro atoms. The summed E-state index contributed by atoms with van der Waals surface area (Å²) in [6, 6.07) is 37.5. The lowest BCUT2D eigenvalue weighted by atomic mass is 10.0. The first-order valence-corrected chi connectivity index (χ1v) is 16.3. The SMILES string of the molecule is O=C(Nc1ccccc1Cl)Oc1ccc(Sc2ccc(OC(=O)Nc3ccccc3Cl)cc2-c2ccc(O)cc2)c(-c2ccc(O)cc2)c1. The number of hydrogen-bond acceptors (Lipinski definition) is 7. The average molecular weight is 710 g/mol. The van der Waals surface area contributed by atoms with Gasteiger partial charge in [-0.2, -0.15) is 0 Å². The van der Waals surface area contributed by atoms with E-state index in [9.17, 15) is 19.8 Å². The number of aromatic hydroxyl groups is 2. The van der Waals surface area contributed by atoms with Crippen LogP contribution in [0.25, 0.3) is 22.3 Å². The Morgan fingerprint density at radius 2 is 0.918 bits per heavy atom. The molecule has 2 amide bonds. The van der Waals surface area contributed by atoms with E-state index in [2.05, 4.69) is 10.6 Å². The van der Waals surface area contributed by atoms with Gasteiger partial charge in [0.2, 0.25) is 0 Å². The predicted molar refractivity (Wildman–Crippen MR) is 193 cm³/mol. The van der Waals surface area contributed by atoms with E-state index in [4.69, 9.17) is 32.7 Å². The molecule has 0 saturated heterocycles. The largest absolute Gasteiger partial charge is 0.508 e. The molecule has 0 atom stereocenters. The third kappa shape index (κ3) is 8.46. The summed E-state index contributed by atoms with van der Waals surface area (Å²) in [4.78, 5) is 27.1. The van der Waals surface area contributed by atoms with Gasteiger partial charge in [0.1, 0.15) is 23.0 Å². The molecule has 8 nitrogen and oxygen atoms in total. The zero-order chi connectivity index (χ0) is 34.3. The van der Waals surface area contributed by atoms with Gasteiger partial charge in [-0.25, -0.2) is 9.59 Å². The first-order chi connectivity index (χ1) is 23.7. The van der Waals surface area contributed by atoms with Crippen molar-refractivity contribution in [1.29, 1.82) is 0 Å². The van der Waals surface area contributed by atoms with Crippen molar-refractivity contribution in [3.8, 4) is 45.3 Å². The van der Waals surface area contributed by atoms with E-state index in [1.807, 2.05) is 12.1 Å². The van der Waals surface area contributed by atoms with E-state index < -0.39 is 12.2 Å². The quantitative estimate of drug-likeness (QED) is 0.124. The Hall–Kier alpha value is -5.61. The van der Waals surface area contributed by atoms with E-state index in [1.54, 1.807) is 121 Å². The van der Waals surface area contributed by atoms with Gasteiger partial charge in [0, 0.05) is 9.79 Å². The van der Waals surface area contributed by atoms with Crippen LogP contribution in [-0.4, -0.2) is 22.4 Å². The standard InChI is InChI=1S/C38H26Cl2N2O6S/c39-31-5-1-3-7-33(31)41-37(45)47-27-17-19-35(29(21-27)23-9-13-25(43)14-10-23)49-36-20-18-28(22-30(36)24-11-15-26(44)16-12-24)48-38(46)42-34-8-4-2-6-32(34)40/h1-22,43-44H,(H,41,45)(H,42,46). The van der Waals surface area contributed by atoms with Crippen molar-refractivity contribution in [1.82, 2.24) is 0 Å². The molecule has 0 aliphatic carbocycles. The molecule has 6 rings (SSSR count). The van der Waals surface area contributed by atoms with Crippen molar-refractivity contribution in [2.45, 2.75) is 9.79 Å². The molecular weight excluding hydrogens is 683 g/mol. The van der Waals surface area contributed by atoms with Gasteiger partial charge >= 0.3 is 12.2 Å². The lowest BCUT2D eigenvalue weighted by molar-refractivity contribution is 0.214. The van der Waals surface area contributed by atoms with Crippen LogP contribution in [-0.2, 0) is 0 Å². The Bertz CT molecular complexity index is 1990. The van der Waals surface area contributed by atoms with Crippen LogP contribution < -0.4 is 20.1 Å². The van der Waals surface area contributed by atoms with Crippen molar-refractivity contribution in [3.63, 3.8) is 0 Å². The minimum Gasteiger partial charge on any atom is -0.508 e. The lowest BCUT2D eigenvalue weighted by Gasteiger charge is -2.16. The van der Waals surface area contributed by atoms with E-state index in [-0.39, 0.29) is 23.0 Å². The number of phenols is 2. The van der Waals surface area contributed by atoms with E-state index in [1.165, 1.54) is 11.8 Å². The molecule has 49 heavy (non-hydrogen) atoms. The second kappa shape index (κ2) is 15.1. The highest BCUT2D eigenvalue weighted by Gasteiger charge is 2.17. The van der Waals surface area contributed by atoms with Crippen LogP contribution in [0.5, 0.6) is 23.0 Å². The summed E-state index contributed by atoms with van der Waals surface area (Å²) in [5, 5.41) is 25.9. The van der Waals surface area contributed by atoms with Crippen LogP contribution in [0, 0.1) is 0 Å². The number of ether oxygens (including phenoxy) is 2. The number of anilines is 2. The predicted octanol–water partition coefficient (Wildman–Crippen LogP) is 11.1. The van der Waals surface area contributed by atoms with Crippen LogP contribution in [0.1, 0.15) is 0 Å². The molecule has 0 saturated carbocycles. The summed E-state index contributed by atoms with van der Waals surface area (Å²) < 4.78 is 11.2. The maximum absolute atomic E-state index is 12.8. The highest BCUT2D eigenvalue weighted by Crippen LogP contribution is 2.43. The van der Waals surface area contributed by atoms with Crippen molar-refractivity contribution in [2.75, 3.05) is 10.6 Å². The van der Waals surface area contributed by atoms with Crippen LogP contribution in [0.15, 0.2) is 143 Å². The van der Waals surface area contributed by atoms with E-state index in [0.29, 0.717) is 21.4 Å². The second-order valence-electron chi connectivity index (χ2n) is 10.5. The molecule has 0 bridgehead atoms. The van der Waals surface area contributed by atoms with Gasteiger partial charge in [-0.3, -0.25) is 10.6 Å². The average Bonchev–Trinajstić information content (AvgIpc) is 3.09. The molecule has 244 valence electrons. The van der Waals surface area contributed by atoms with Crippen molar-refractivity contribution < 1.29 is 29.3 Å². The third-order valence-corrected chi connectivity index (χ3v) is 8.93. The molecule has 0 heterocycles. The Morgan fingerprint density at radius 1 is 0.531 bits per heavy atom. The van der Waals surface area contributed by atoms with Crippen LogP contribution in [0.3, 0.4) is 0 Å². The van der Waals surface area contributed by atoms with Crippen LogP contribution in [0.4, 0.5) is 21.0 Å². The number of nitrogens with one attached hydrogen (secondary N) is 2. The smallest absolute Gasteiger partial charge is 0.417 e. The molecular formula is C38H26Cl2N2O6S. The van der Waals surface area contributed by atoms with Gasteiger partial charge in [0.15, 0.2) is 0 Å². The number of para-hydroxylation sites is 2. The fraction of sp³-hybridized carbons (Fsp3) is 0.